The number of hydrazine groups is 1. The fourth-order valence-corrected chi connectivity index (χ4v) is 4.95. The van der Waals surface area contributed by atoms with Gasteiger partial charge in [0.15, 0.2) is 0 Å². The Morgan fingerprint density at radius 3 is 2.16 bits per heavy atom. The zero-order chi connectivity index (χ0) is 22.4. The number of amides is 2. The lowest BCUT2D eigenvalue weighted by molar-refractivity contribution is -0.127. The maximum Gasteiger partial charge on any atom is 0.269 e. The molecule has 7 nitrogen and oxygen atoms in total. The normalized spacial score (nSPS) is 18.9. The summed E-state index contributed by atoms with van der Waals surface area (Å²) in [4.78, 5) is 24.7. The van der Waals surface area contributed by atoms with Crippen LogP contribution in [0.2, 0.25) is 5.02 Å². The van der Waals surface area contributed by atoms with Crippen LogP contribution in [0.1, 0.15) is 36.0 Å². The first-order valence-corrected chi connectivity index (χ1v) is 12.5. The van der Waals surface area contributed by atoms with E-state index in [1.807, 2.05) is 0 Å². The Bertz CT molecular complexity index is 1020. The highest BCUT2D eigenvalue weighted by Crippen LogP contribution is 2.29. The van der Waals surface area contributed by atoms with E-state index in [2.05, 4.69) is 31.5 Å². The summed E-state index contributed by atoms with van der Waals surface area (Å²) in [5.74, 6) is -0.708. The summed E-state index contributed by atoms with van der Waals surface area (Å²) in [6, 6.07) is 12.8. The fraction of sp³-hybridized carbons (Fsp3) is 0.333. The van der Waals surface area contributed by atoms with Crippen molar-refractivity contribution in [3.63, 3.8) is 0 Å². The Kier molecular flexibility index (Phi) is 8.10. The van der Waals surface area contributed by atoms with Crippen LogP contribution in [0, 0.1) is 11.8 Å². The number of benzene rings is 2. The lowest BCUT2D eigenvalue weighted by Gasteiger charge is -2.27. The van der Waals surface area contributed by atoms with Gasteiger partial charge in [0.1, 0.15) is 0 Å². The van der Waals surface area contributed by atoms with Gasteiger partial charge in [-0.2, -0.15) is 0 Å². The highest BCUT2D eigenvalue weighted by molar-refractivity contribution is 9.10. The van der Waals surface area contributed by atoms with Crippen molar-refractivity contribution >= 4 is 49.4 Å². The molecule has 1 aliphatic rings. The van der Waals surface area contributed by atoms with Crippen molar-refractivity contribution in [2.45, 2.75) is 30.6 Å². The van der Waals surface area contributed by atoms with Gasteiger partial charge in [0.25, 0.3) is 5.91 Å². The molecule has 0 unspecified atom stereocenters. The molecule has 10 heteroatoms. The molecule has 0 bridgehead atoms. The van der Waals surface area contributed by atoms with Crippen molar-refractivity contribution in [3.8, 4) is 0 Å². The summed E-state index contributed by atoms with van der Waals surface area (Å²) in [6.07, 6.45) is 2.72. The van der Waals surface area contributed by atoms with Crippen molar-refractivity contribution < 1.29 is 18.0 Å². The maximum atomic E-state index is 12.4. The third kappa shape index (κ3) is 6.77. The highest BCUT2D eigenvalue weighted by Gasteiger charge is 2.27. The van der Waals surface area contributed by atoms with Crippen LogP contribution in [0.3, 0.4) is 0 Å². The number of hydrogen-bond donors (Lipinski definition) is 3. The van der Waals surface area contributed by atoms with Crippen LogP contribution in [0.25, 0.3) is 0 Å². The van der Waals surface area contributed by atoms with E-state index in [4.69, 9.17) is 11.6 Å². The van der Waals surface area contributed by atoms with E-state index < -0.39 is 15.9 Å². The number of nitrogens with one attached hydrogen (secondary N) is 3. The van der Waals surface area contributed by atoms with Crippen molar-refractivity contribution in [2.75, 3.05) is 6.54 Å². The van der Waals surface area contributed by atoms with Crippen molar-refractivity contribution in [2.24, 2.45) is 11.8 Å². The van der Waals surface area contributed by atoms with Gasteiger partial charge in [-0.3, -0.25) is 20.4 Å². The third-order valence-electron chi connectivity index (χ3n) is 5.31. The minimum absolute atomic E-state index is 0.165. The van der Waals surface area contributed by atoms with Gasteiger partial charge >= 0.3 is 0 Å². The van der Waals surface area contributed by atoms with E-state index in [9.17, 15) is 18.0 Å². The minimum Gasteiger partial charge on any atom is -0.273 e. The summed E-state index contributed by atoms with van der Waals surface area (Å²) in [6.45, 7) is 0.333. The monoisotopic (exact) mass is 527 g/mol. The standard InChI is InChI=1S/C21H23BrClN3O4S/c22-17-7-11-19(12-8-17)31(29,30)24-13-14-1-3-15(4-2-14)20(27)25-26-21(28)16-5-9-18(23)10-6-16/h5-12,14-15,24H,1-4,13H2,(H,25,27)(H,26,28). The molecule has 1 fully saturated rings. The van der Waals surface area contributed by atoms with Crippen molar-refractivity contribution in [3.05, 3.63) is 63.6 Å². The molecule has 0 atom stereocenters. The van der Waals surface area contributed by atoms with E-state index in [0.717, 1.165) is 17.3 Å². The van der Waals surface area contributed by atoms with Crippen LogP contribution in [-0.4, -0.2) is 26.8 Å². The van der Waals surface area contributed by atoms with Gasteiger partial charge in [-0.25, -0.2) is 13.1 Å². The Morgan fingerprint density at radius 2 is 1.55 bits per heavy atom. The van der Waals surface area contributed by atoms with Crippen molar-refractivity contribution in [1.29, 1.82) is 0 Å². The molecule has 2 aromatic rings. The zero-order valence-corrected chi connectivity index (χ0v) is 19.8. The molecule has 0 aliphatic heterocycles. The van der Waals surface area contributed by atoms with Crippen molar-refractivity contribution in [1.82, 2.24) is 15.6 Å². The summed E-state index contributed by atoms with van der Waals surface area (Å²) in [5.41, 5.74) is 5.29. The lowest BCUT2D eigenvalue weighted by Crippen LogP contribution is -2.45. The second-order valence-corrected chi connectivity index (χ2v) is 10.6. The summed E-state index contributed by atoms with van der Waals surface area (Å²) in [5, 5.41) is 0.525. The SMILES string of the molecule is O=C(NNC(=O)C1CCC(CNS(=O)(=O)c2ccc(Br)cc2)CC1)c1ccc(Cl)cc1. The average molecular weight is 529 g/mol. The molecule has 2 amide bonds. The van der Waals surface area contributed by atoms with E-state index in [1.54, 1.807) is 48.5 Å². The maximum absolute atomic E-state index is 12.4. The molecule has 0 spiro atoms. The van der Waals surface area contributed by atoms with E-state index in [1.165, 1.54) is 0 Å². The molecular weight excluding hydrogens is 506 g/mol. The summed E-state index contributed by atoms with van der Waals surface area (Å²) in [7, 11) is -3.56. The van der Waals surface area contributed by atoms with E-state index in [0.29, 0.717) is 30.0 Å². The first-order chi connectivity index (χ1) is 14.7. The molecule has 0 heterocycles. The fourth-order valence-electron chi connectivity index (χ4n) is 3.45. The number of sulfonamides is 1. The summed E-state index contributed by atoms with van der Waals surface area (Å²) >= 11 is 9.09. The van der Waals surface area contributed by atoms with Crippen LogP contribution < -0.4 is 15.6 Å². The van der Waals surface area contributed by atoms with Gasteiger partial charge < -0.3 is 0 Å². The Hall–Kier alpha value is -1.94. The average Bonchev–Trinajstić information content (AvgIpc) is 2.77. The smallest absolute Gasteiger partial charge is 0.269 e. The predicted octanol–water partition coefficient (Wildman–Crippen LogP) is 3.65. The molecule has 1 saturated carbocycles. The van der Waals surface area contributed by atoms with Gasteiger partial charge in [0.2, 0.25) is 15.9 Å². The quantitative estimate of drug-likeness (QED) is 0.498. The van der Waals surface area contributed by atoms with Gasteiger partial charge in [-0.1, -0.05) is 27.5 Å². The van der Waals surface area contributed by atoms with Gasteiger partial charge in [-0.15, -0.1) is 0 Å². The second-order valence-electron chi connectivity index (χ2n) is 7.47. The molecule has 1 aliphatic carbocycles. The van der Waals surface area contributed by atoms with Crippen LogP contribution in [0.15, 0.2) is 57.9 Å². The van der Waals surface area contributed by atoms with Crippen LogP contribution in [-0.2, 0) is 14.8 Å². The third-order valence-corrected chi connectivity index (χ3v) is 7.53. The molecule has 31 heavy (non-hydrogen) atoms. The largest absolute Gasteiger partial charge is 0.273 e. The summed E-state index contributed by atoms with van der Waals surface area (Å²) < 4.78 is 28.3. The molecule has 0 aromatic heterocycles. The van der Waals surface area contributed by atoms with E-state index >= 15 is 0 Å². The second kappa shape index (κ2) is 10.6. The lowest BCUT2D eigenvalue weighted by atomic mass is 9.82. The Morgan fingerprint density at radius 1 is 0.935 bits per heavy atom. The number of halogens is 2. The van der Waals surface area contributed by atoms with Crippen LogP contribution >= 0.6 is 27.5 Å². The molecule has 0 radical (unpaired) electrons. The topological polar surface area (TPSA) is 104 Å². The first kappa shape index (κ1) is 23.7. The first-order valence-electron chi connectivity index (χ1n) is 9.85. The highest BCUT2D eigenvalue weighted by atomic mass is 79.9. The Labute approximate surface area is 195 Å². The number of hydrogen-bond acceptors (Lipinski definition) is 4. The number of carbonyl (C=O) groups excluding carboxylic acids is 2. The zero-order valence-electron chi connectivity index (χ0n) is 16.6. The van der Waals surface area contributed by atoms with Crippen LogP contribution in [0.5, 0.6) is 0 Å². The Balaban J connectivity index is 1.41. The molecule has 166 valence electrons. The number of carbonyl (C=O) groups is 2. The predicted molar refractivity (Wildman–Crippen MR) is 122 cm³/mol. The van der Waals surface area contributed by atoms with Crippen LogP contribution in [0.4, 0.5) is 0 Å². The molecular formula is C21H23BrClN3O4S. The molecule has 2 aromatic carbocycles. The molecule has 3 rings (SSSR count). The van der Waals surface area contributed by atoms with E-state index in [-0.39, 0.29) is 22.6 Å². The molecule has 3 N–H and O–H groups in total. The van der Waals surface area contributed by atoms with Gasteiger partial charge in [-0.05, 0) is 80.1 Å². The minimum atomic E-state index is -3.56. The van der Waals surface area contributed by atoms with Gasteiger partial charge in [0, 0.05) is 27.5 Å². The van der Waals surface area contributed by atoms with Gasteiger partial charge in [0.05, 0.1) is 4.90 Å². The molecule has 0 saturated heterocycles. The number of rotatable bonds is 6.